The molecule has 2 unspecified atom stereocenters. The number of methoxy groups -OCH3 is 2. The Hall–Kier alpha value is -3.56. The van der Waals surface area contributed by atoms with Crippen molar-refractivity contribution < 1.29 is 37.7 Å². The lowest BCUT2D eigenvalue weighted by molar-refractivity contribution is -0.174. The fourth-order valence-electron chi connectivity index (χ4n) is 4.12. The van der Waals surface area contributed by atoms with Crippen LogP contribution in [0.3, 0.4) is 0 Å². The third-order valence-electron chi connectivity index (χ3n) is 5.86. The Morgan fingerprint density at radius 1 is 0.800 bits per heavy atom. The zero-order valence-corrected chi connectivity index (χ0v) is 19.1. The van der Waals surface area contributed by atoms with E-state index in [-0.39, 0.29) is 0 Å². The van der Waals surface area contributed by atoms with Crippen molar-refractivity contribution in [3.8, 4) is 11.5 Å². The molecule has 0 aliphatic heterocycles. The Bertz CT molecular complexity index is 1060. The van der Waals surface area contributed by atoms with E-state index < -0.39 is 36.3 Å². The molecule has 0 heterocycles. The van der Waals surface area contributed by atoms with Crippen molar-refractivity contribution in [1.82, 2.24) is 5.32 Å². The lowest BCUT2D eigenvalue weighted by Gasteiger charge is -2.42. The third-order valence-corrected chi connectivity index (χ3v) is 5.86. The molecule has 0 radical (unpaired) electrons. The van der Waals surface area contributed by atoms with Gasteiger partial charge in [-0.3, -0.25) is 4.79 Å². The van der Waals surface area contributed by atoms with Gasteiger partial charge in [0.15, 0.2) is 0 Å². The molecule has 1 amide bonds. The highest BCUT2D eigenvalue weighted by Crippen LogP contribution is 2.44. The lowest BCUT2D eigenvalue weighted by Crippen LogP contribution is -2.53. The number of benzene rings is 3. The normalized spacial score (nSPS) is 13.6. The summed E-state index contributed by atoms with van der Waals surface area (Å²) < 4.78 is 48.6. The number of hydrogen-bond donors (Lipinski definition) is 3. The number of carbonyl (C=O) groups is 1. The van der Waals surface area contributed by atoms with Crippen LogP contribution in [0.25, 0.3) is 0 Å². The molecule has 0 aliphatic rings. The zero-order valence-electron chi connectivity index (χ0n) is 19.1. The molecule has 9 heteroatoms. The van der Waals surface area contributed by atoms with Crippen molar-refractivity contribution in [3.63, 3.8) is 0 Å². The zero-order chi connectivity index (χ0) is 25.6. The standard InChI is InChI=1S/C26H26F3NO5/c1-34-20-12-8-18(9-13-20)25(17-6-4-3-5-7-17,19-10-14-21(35-2)15-11-19)23(32)22(31)16-30-24(33)26(27,28)29/h3-15,22-23,31-32H,16H2,1-2H3,(H,30,33). The van der Waals surface area contributed by atoms with E-state index in [9.17, 15) is 28.2 Å². The molecule has 0 saturated heterocycles. The summed E-state index contributed by atoms with van der Waals surface area (Å²) >= 11 is 0. The molecule has 3 aromatic carbocycles. The first-order valence-electron chi connectivity index (χ1n) is 10.7. The van der Waals surface area contributed by atoms with Crippen molar-refractivity contribution in [2.45, 2.75) is 23.8 Å². The summed E-state index contributed by atoms with van der Waals surface area (Å²) in [7, 11) is 3.01. The quantitative estimate of drug-likeness (QED) is 0.401. The first-order chi connectivity index (χ1) is 16.6. The monoisotopic (exact) mass is 489 g/mol. The summed E-state index contributed by atoms with van der Waals surface area (Å²) in [6.45, 7) is -0.819. The van der Waals surface area contributed by atoms with Crippen molar-refractivity contribution in [2.75, 3.05) is 20.8 Å². The number of amides is 1. The van der Waals surface area contributed by atoms with Crippen molar-refractivity contribution in [1.29, 1.82) is 0 Å². The van der Waals surface area contributed by atoms with E-state index in [4.69, 9.17) is 9.47 Å². The summed E-state index contributed by atoms with van der Waals surface area (Å²) in [6.07, 6.45) is -8.54. The highest BCUT2D eigenvalue weighted by molar-refractivity contribution is 5.81. The van der Waals surface area contributed by atoms with Crippen LogP contribution in [0.2, 0.25) is 0 Å². The van der Waals surface area contributed by atoms with Crippen LogP contribution in [0.1, 0.15) is 16.7 Å². The van der Waals surface area contributed by atoms with Gasteiger partial charge in [-0.15, -0.1) is 0 Å². The van der Waals surface area contributed by atoms with Gasteiger partial charge in [0.1, 0.15) is 11.5 Å². The molecule has 35 heavy (non-hydrogen) atoms. The van der Waals surface area contributed by atoms with Crippen molar-refractivity contribution in [3.05, 3.63) is 95.6 Å². The Kier molecular flexibility index (Phi) is 8.03. The van der Waals surface area contributed by atoms with E-state index in [1.54, 1.807) is 84.2 Å². The van der Waals surface area contributed by atoms with E-state index >= 15 is 0 Å². The molecular formula is C26H26F3NO5. The van der Waals surface area contributed by atoms with Gasteiger partial charge in [-0.25, -0.2) is 0 Å². The predicted octanol–water partition coefficient (Wildman–Crippen LogP) is 3.44. The molecule has 186 valence electrons. The summed E-state index contributed by atoms with van der Waals surface area (Å²) in [6, 6.07) is 22.3. The average Bonchev–Trinajstić information content (AvgIpc) is 2.88. The van der Waals surface area contributed by atoms with Gasteiger partial charge in [-0.2, -0.15) is 13.2 Å². The largest absolute Gasteiger partial charge is 0.497 e. The van der Waals surface area contributed by atoms with E-state index in [1.165, 1.54) is 14.2 Å². The van der Waals surface area contributed by atoms with Crippen molar-refractivity contribution >= 4 is 5.91 Å². The van der Waals surface area contributed by atoms with E-state index in [0.29, 0.717) is 28.2 Å². The second-order valence-corrected chi connectivity index (χ2v) is 7.85. The summed E-state index contributed by atoms with van der Waals surface area (Å²) in [5.41, 5.74) is 0.234. The van der Waals surface area contributed by atoms with Gasteiger partial charge >= 0.3 is 12.1 Å². The van der Waals surface area contributed by atoms with Crippen LogP contribution < -0.4 is 14.8 Å². The SMILES string of the molecule is COc1ccc(C(c2ccccc2)(c2ccc(OC)cc2)C(O)C(O)CNC(=O)C(F)(F)F)cc1. The van der Waals surface area contributed by atoms with Gasteiger partial charge in [-0.05, 0) is 41.0 Å². The van der Waals surface area contributed by atoms with Crippen LogP contribution in [0, 0.1) is 0 Å². The van der Waals surface area contributed by atoms with Crippen LogP contribution in [-0.4, -0.2) is 55.3 Å². The van der Waals surface area contributed by atoms with E-state index in [2.05, 4.69) is 0 Å². The van der Waals surface area contributed by atoms with E-state index in [0.717, 1.165) is 0 Å². The number of alkyl halides is 3. The summed E-state index contributed by atoms with van der Waals surface area (Å²) in [4.78, 5) is 11.3. The maximum absolute atomic E-state index is 12.7. The van der Waals surface area contributed by atoms with Gasteiger partial charge in [0.2, 0.25) is 0 Å². The lowest BCUT2D eigenvalue weighted by atomic mass is 9.64. The molecule has 0 fully saturated rings. The highest BCUT2D eigenvalue weighted by atomic mass is 19.4. The first kappa shape index (κ1) is 26.1. The average molecular weight is 489 g/mol. The topological polar surface area (TPSA) is 88.0 Å². The second-order valence-electron chi connectivity index (χ2n) is 7.85. The molecule has 3 rings (SSSR count). The molecule has 0 bridgehead atoms. The first-order valence-corrected chi connectivity index (χ1v) is 10.7. The number of aliphatic hydroxyl groups is 2. The molecule has 0 saturated carbocycles. The molecule has 0 aliphatic carbocycles. The number of rotatable bonds is 9. The van der Waals surface area contributed by atoms with Crippen LogP contribution in [0.4, 0.5) is 13.2 Å². The molecular weight excluding hydrogens is 463 g/mol. The number of ether oxygens (including phenoxy) is 2. The summed E-state index contributed by atoms with van der Waals surface area (Å²) in [5.74, 6) is -1.10. The van der Waals surface area contributed by atoms with Crippen LogP contribution in [0.5, 0.6) is 11.5 Å². The number of halogens is 3. The molecule has 3 N–H and O–H groups in total. The van der Waals surface area contributed by atoms with Gasteiger partial charge in [-0.1, -0.05) is 54.6 Å². The van der Waals surface area contributed by atoms with Gasteiger partial charge in [0.25, 0.3) is 0 Å². The second kappa shape index (κ2) is 10.8. The van der Waals surface area contributed by atoms with Crippen LogP contribution in [-0.2, 0) is 10.2 Å². The number of nitrogens with one attached hydrogen (secondary N) is 1. The fourth-order valence-corrected chi connectivity index (χ4v) is 4.12. The Balaban J connectivity index is 2.19. The smallest absolute Gasteiger partial charge is 0.471 e. The highest BCUT2D eigenvalue weighted by Gasteiger charge is 2.47. The molecule has 6 nitrogen and oxygen atoms in total. The molecule has 0 spiro atoms. The molecule has 3 aromatic rings. The number of carbonyl (C=O) groups excluding carboxylic acids is 1. The molecule has 2 atom stereocenters. The minimum atomic E-state index is -5.12. The van der Waals surface area contributed by atoms with Gasteiger partial charge < -0.3 is 25.0 Å². The minimum absolute atomic E-state index is 0.545. The molecule has 0 aromatic heterocycles. The Morgan fingerprint density at radius 2 is 1.23 bits per heavy atom. The van der Waals surface area contributed by atoms with Gasteiger partial charge in [0, 0.05) is 6.54 Å². The van der Waals surface area contributed by atoms with Crippen molar-refractivity contribution in [2.24, 2.45) is 0 Å². The Labute approximate surface area is 200 Å². The van der Waals surface area contributed by atoms with Crippen LogP contribution in [0.15, 0.2) is 78.9 Å². The minimum Gasteiger partial charge on any atom is -0.497 e. The predicted molar refractivity (Wildman–Crippen MR) is 123 cm³/mol. The summed E-state index contributed by atoms with van der Waals surface area (Å²) in [5, 5.41) is 24.1. The Morgan fingerprint density at radius 3 is 1.63 bits per heavy atom. The van der Waals surface area contributed by atoms with E-state index in [1.807, 2.05) is 0 Å². The maximum Gasteiger partial charge on any atom is 0.471 e. The van der Waals surface area contributed by atoms with Gasteiger partial charge in [0.05, 0.1) is 31.8 Å². The fraction of sp³-hybridized carbons (Fsp3) is 0.269. The number of hydrogen-bond acceptors (Lipinski definition) is 5. The maximum atomic E-state index is 12.7. The third kappa shape index (κ3) is 5.41. The number of aliphatic hydroxyl groups excluding tert-OH is 2. The van der Waals surface area contributed by atoms with Crippen LogP contribution >= 0.6 is 0 Å².